The lowest BCUT2D eigenvalue weighted by atomic mass is 9.88. The molecule has 0 spiro atoms. The van der Waals surface area contributed by atoms with Gasteiger partial charge >= 0.3 is 0 Å². The topological polar surface area (TPSA) is 31.5 Å². The monoisotopic (exact) mass is 118 g/mol. The van der Waals surface area contributed by atoms with Gasteiger partial charge in [-0.3, -0.25) is 0 Å². The highest BCUT2D eigenvalue weighted by molar-refractivity contribution is 4.61. The molecule has 0 radical (unpaired) electrons. The van der Waals surface area contributed by atoms with Gasteiger partial charge in [0, 0.05) is 0 Å². The predicted molar refractivity (Wildman–Crippen MR) is 38.0 cm³/mol. The van der Waals surface area contributed by atoms with Gasteiger partial charge in [-0.1, -0.05) is 40.5 Å². The van der Waals surface area contributed by atoms with Crippen molar-refractivity contribution in [3.05, 3.63) is 0 Å². The SMILES string of the molecule is CCC(C)(C)CC.O. The smallest absolute Gasteiger partial charge is 0.0359 e. The Kier molecular flexibility index (Phi) is 5.29. The second-order valence-corrected chi connectivity index (χ2v) is 2.87. The molecular formula is C7H18O. The summed E-state index contributed by atoms with van der Waals surface area (Å²) in [6.07, 6.45) is 2.59. The fourth-order valence-electron chi connectivity index (χ4n) is 0.250. The van der Waals surface area contributed by atoms with E-state index in [1.807, 2.05) is 0 Å². The average molecular weight is 118 g/mol. The molecule has 0 aliphatic carbocycles. The normalized spacial score (nSPS) is 10.5. The Morgan fingerprint density at radius 3 is 1.25 bits per heavy atom. The van der Waals surface area contributed by atoms with Crippen molar-refractivity contribution in [1.29, 1.82) is 0 Å². The summed E-state index contributed by atoms with van der Waals surface area (Å²) in [4.78, 5) is 0. The fourth-order valence-corrected chi connectivity index (χ4v) is 0.250. The van der Waals surface area contributed by atoms with E-state index in [1.54, 1.807) is 0 Å². The van der Waals surface area contributed by atoms with Gasteiger partial charge in [-0.15, -0.1) is 0 Å². The molecule has 1 nitrogen and oxygen atoms in total. The Balaban J connectivity index is 0. The molecule has 0 atom stereocenters. The third-order valence-electron chi connectivity index (χ3n) is 1.91. The van der Waals surface area contributed by atoms with Crippen molar-refractivity contribution in [3.63, 3.8) is 0 Å². The molecule has 0 amide bonds. The van der Waals surface area contributed by atoms with Crippen LogP contribution in [0, 0.1) is 5.41 Å². The van der Waals surface area contributed by atoms with Crippen LogP contribution in [-0.4, -0.2) is 5.48 Å². The molecule has 0 rings (SSSR count). The van der Waals surface area contributed by atoms with Gasteiger partial charge in [0.2, 0.25) is 0 Å². The standard InChI is InChI=1S/C7H16.H2O/c1-5-7(3,4)6-2;/h5-6H2,1-4H3;1H2. The molecule has 8 heavy (non-hydrogen) atoms. The van der Waals surface area contributed by atoms with Gasteiger partial charge in [0.25, 0.3) is 0 Å². The van der Waals surface area contributed by atoms with E-state index in [0.29, 0.717) is 5.41 Å². The van der Waals surface area contributed by atoms with Crippen LogP contribution in [0.3, 0.4) is 0 Å². The summed E-state index contributed by atoms with van der Waals surface area (Å²) >= 11 is 0. The van der Waals surface area contributed by atoms with Crippen molar-refractivity contribution in [2.24, 2.45) is 5.41 Å². The summed E-state index contributed by atoms with van der Waals surface area (Å²) in [5.41, 5.74) is 0.583. The van der Waals surface area contributed by atoms with E-state index in [1.165, 1.54) is 12.8 Å². The first-order chi connectivity index (χ1) is 3.12. The molecule has 0 saturated heterocycles. The van der Waals surface area contributed by atoms with E-state index in [2.05, 4.69) is 27.7 Å². The number of hydrogen-bond donors (Lipinski definition) is 0. The van der Waals surface area contributed by atoms with Crippen molar-refractivity contribution in [2.75, 3.05) is 0 Å². The molecule has 0 aromatic heterocycles. The van der Waals surface area contributed by atoms with E-state index in [0.717, 1.165) is 0 Å². The third kappa shape index (κ3) is 4.13. The first kappa shape index (κ1) is 10.9. The quantitative estimate of drug-likeness (QED) is 0.531. The maximum atomic E-state index is 2.30. The Bertz CT molecular complexity index is 42.3. The van der Waals surface area contributed by atoms with Crippen LogP contribution in [0.15, 0.2) is 0 Å². The van der Waals surface area contributed by atoms with E-state index >= 15 is 0 Å². The summed E-state index contributed by atoms with van der Waals surface area (Å²) in [5.74, 6) is 0. The fraction of sp³-hybridized carbons (Fsp3) is 1.00. The lowest BCUT2D eigenvalue weighted by Crippen LogP contribution is -2.05. The predicted octanol–water partition coefficient (Wildman–Crippen LogP) is 2.01. The van der Waals surface area contributed by atoms with Crippen LogP contribution < -0.4 is 0 Å². The second kappa shape index (κ2) is 3.90. The molecule has 0 aromatic rings. The van der Waals surface area contributed by atoms with Gasteiger partial charge < -0.3 is 5.48 Å². The van der Waals surface area contributed by atoms with Gasteiger partial charge in [0.1, 0.15) is 0 Å². The molecule has 0 bridgehead atoms. The van der Waals surface area contributed by atoms with Crippen molar-refractivity contribution < 1.29 is 5.48 Å². The van der Waals surface area contributed by atoms with Crippen LogP contribution in [-0.2, 0) is 0 Å². The molecule has 1 heteroatoms. The summed E-state index contributed by atoms with van der Waals surface area (Å²) in [5, 5.41) is 0. The third-order valence-corrected chi connectivity index (χ3v) is 1.91. The minimum atomic E-state index is 0. The van der Waals surface area contributed by atoms with Gasteiger partial charge in [-0.25, -0.2) is 0 Å². The summed E-state index contributed by atoms with van der Waals surface area (Å²) < 4.78 is 0. The number of rotatable bonds is 2. The summed E-state index contributed by atoms with van der Waals surface area (Å²) in [7, 11) is 0. The van der Waals surface area contributed by atoms with Crippen molar-refractivity contribution in [1.82, 2.24) is 0 Å². The zero-order valence-corrected chi connectivity index (χ0v) is 6.41. The minimum absolute atomic E-state index is 0. The second-order valence-electron chi connectivity index (χ2n) is 2.87. The molecule has 0 aromatic carbocycles. The van der Waals surface area contributed by atoms with Gasteiger partial charge in [0.15, 0.2) is 0 Å². The summed E-state index contributed by atoms with van der Waals surface area (Å²) in [6.45, 7) is 9.08. The highest BCUT2D eigenvalue weighted by Gasteiger charge is 2.09. The van der Waals surface area contributed by atoms with Crippen LogP contribution in [0.25, 0.3) is 0 Å². The molecule has 0 fully saturated rings. The first-order valence-electron chi connectivity index (χ1n) is 3.12. The van der Waals surface area contributed by atoms with Crippen molar-refractivity contribution in [2.45, 2.75) is 40.5 Å². The molecular weight excluding hydrogens is 100 g/mol. The molecule has 0 saturated carbocycles. The zero-order chi connectivity index (χ0) is 5.91. The Labute approximate surface area is 52.4 Å². The lowest BCUT2D eigenvalue weighted by molar-refractivity contribution is 0.338. The van der Waals surface area contributed by atoms with Crippen LogP contribution in [0.4, 0.5) is 0 Å². The van der Waals surface area contributed by atoms with E-state index < -0.39 is 0 Å². The van der Waals surface area contributed by atoms with Gasteiger partial charge in [0.05, 0.1) is 0 Å². The molecule has 0 heterocycles. The molecule has 0 unspecified atom stereocenters. The first-order valence-corrected chi connectivity index (χ1v) is 3.12. The van der Waals surface area contributed by atoms with E-state index in [-0.39, 0.29) is 5.48 Å². The summed E-state index contributed by atoms with van der Waals surface area (Å²) in [6, 6.07) is 0. The van der Waals surface area contributed by atoms with Crippen molar-refractivity contribution in [3.8, 4) is 0 Å². The largest absolute Gasteiger partial charge is 0.412 e. The molecule has 0 aliphatic heterocycles. The van der Waals surface area contributed by atoms with E-state index in [9.17, 15) is 0 Å². The Morgan fingerprint density at radius 1 is 1.00 bits per heavy atom. The van der Waals surface area contributed by atoms with Crippen LogP contribution in [0.2, 0.25) is 0 Å². The lowest BCUT2D eigenvalue weighted by Gasteiger charge is -2.18. The average Bonchev–Trinajstić information content (AvgIpc) is 1.68. The molecule has 2 N–H and O–H groups in total. The van der Waals surface area contributed by atoms with Crippen LogP contribution >= 0.6 is 0 Å². The highest BCUT2D eigenvalue weighted by atomic mass is 16.0. The number of hydrogen-bond acceptors (Lipinski definition) is 0. The van der Waals surface area contributed by atoms with Crippen LogP contribution in [0.1, 0.15) is 40.5 Å². The Hall–Kier alpha value is -0.0400. The zero-order valence-electron chi connectivity index (χ0n) is 6.41. The molecule has 0 aliphatic rings. The Morgan fingerprint density at radius 2 is 1.25 bits per heavy atom. The highest BCUT2D eigenvalue weighted by Crippen LogP contribution is 2.22. The van der Waals surface area contributed by atoms with Gasteiger partial charge in [-0.05, 0) is 5.41 Å². The molecule has 52 valence electrons. The van der Waals surface area contributed by atoms with Gasteiger partial charge in [-0.2, -0.15) is 0 Å². The van der Waals surface area contributed by atoms with Crippen LogP contribution in [0.5, 0.6) is 0 Å². The minimum Gasteiger partial charge on any atom is -0.412 e. The maximum Gasteiger partial charge on any atom is -0.0359 e. The maximum absolute atomic E-state index is 2.30. The van der Waals surface area contributed by atoms with E-state index in [4.69, 9.17) is 0 Å². The van der Waals surface area contributed by atoms with Crippen molar-refractivity contribution >= 4 is 0 Å².